The second-order valence-electron chi connectivity index (χ2n) is 1.89. The van der Waals surface area contributed by atoms with Crippen molar-refractivity contribution in [1.82, 2.24) is 0 Å². The highest BCUT2D eigenvalue weighted by molar-refractivity contribution is 8.50. The van der Waals surface area contributed by atoms with Crippen molar-refractivity contribution in [2.24, 2.45) is 0 Å². The summed E-state index contributed by atoms with van der Waals surface area (Å²) in [4.78, 5) is 0. The highest BCUT2D eigenvalue weighted by Crippen LogP contribution is 3.04. The maximum Gasteiger partial charge on any atom is 0.471 e. The Morgan fingerprint density at radius 3 is 1.23 bits per heavy atom. The summed E-state index contributed by atoms with van der Waals surface area (Å²) in [5.74, 6) is 0. The Morgan fingerprint density at radius 2 is 1.23 bits per heavy atom. The first-order valence-corrected chi connectivity index (χ1v) is 5.42. The topological polar surface area (TPSA) is 57.2 Å². The molecule has 3 nitrogen and oxygen atoms in total. The molecule has 0 aliphatic rings. The molecule has 0 amide bonds. The average Bonchev–Trinajstić information content (AvgIpc) is 1.52. The van der Waals surface area contributed by atoms with E-state index in [1.165, 1.54) is 0 Å². The van der Waals surface area contributed by atoms with Gasteiger partial charge in [-0.1, -0.05) is 19.4 Å². The Labute approximate surface area is 67.0 Å². The van der Waals surface area contributed by atoms with E-state index in [0.29, 0.717) is 0 Å². The first-order chi connectivity index (χ1) is 5.00. The first kappa shape index (κ1) is 12.8. The molecule has 0 saturated carbocycles. The van der Waals surface area contributed by atoms with E-state index in [-0.39, 0.29) is 0 Å². The summed E-state index contributed by atoms with van der Waals surface area (Å²) >= 11 is 0. The molecule has 0 N–H and O–H groups in total. The van der Waals surface area contributed by atoms with Gasteiger partial charge >= 0.3 is 14.8 Å². The molecule has 0 fully saturated rings. The van der Waals surface area contributed by atoms with Crippen LogP contribution in [0, 0.1) is 0 Å². The van der Waals surface area contributed by atoms with Crippen molar-refractivity contribution in [3.05, 3.63) is 0 Å². The number of hydrogen-bond acceptors (Lipinski definition) is 3. The van der Waals surface area contributed by atoms with Crippen LogP contribution < -0.4 is 0 Å². The molecule has 0 aromatic carbocycles. The van der Waals surface area contributed by atoms with Crippen LogP contribution in [0.1, 0.15) is 0 Å². The van der Waals surface area contributed by atoms with Crippen LogP contribution in [0.25, 0.3) is 0 Å². The predicted octanol–water partition coefficient (Wildman–Crippen LogP) is 2.38. The molecule has 0 aromatic heterocycles. The quantitative estimate of drug-likeness (QED) is 0.563. The lowest BCUT2D eigenvalue weighted by molar-refractivity contribution is 0.106. The van der Waals surface area contributed by atoms with Crippen LogP contribution in [-0.4, -0.2) is 17.6 Å². The van der Waals surface area contributed by atoms with Gasteiger partial charge in [0.2, 0.25) is 0 Å². The fourth-order valence-electron chi connectivity index (χ4n) is 0.193. The van der Waals surface area contributed by atoms with Crippen LogP contribution in [0.2, 0.25) is 0 Å². The molecule has 0 spiro atoms. The summed E-state index contributed by atoms with van der Waals surface area (Å²) in [5.41, 5.74) is 0. The largest absolute Gasteiger partial charge is 0.742 e. The van der Waals surface area contributed by atoms with E-state index < -0.39 is 24.9 Å². The summed E-state index contributed by atoms with van der Waals surface area (Å²) in [6, 6.07) is 0. The summed E-state index contributed by atoms with van der Waals surface area (Å²) in [6.45, 7) is 0. The van der Waals surface area contributed by atoms with Gasteiger partial charge in [-0.2, -0.15) is 8.78 Å². The zero-order valence-electron chi connectivity index (χ0n) is 5.19. The summed E-state index contributed by atoms with van der Waals surface area (Å²) in [6.07, 6.45) is 0. The number of alkyl halides is 2. The first-order valence-electron chi connectivity index (χ1n) is 2.06. The summed E-state index contributed by atoms with van der Waals surface area (Å²) in [5, 5.41) is 0. The standard InChI is InChI=1S/CHF7O3S2/c2-1(3,12(9,10)11)13(4,5,6,7)8/h(H,9,10,11)/p-1. The van der Waals surface area contributed by atoms with Crippen LogP contribution >= 0.6 is 10.2 Å². The molecule has 0 aromatic rings. The average molecular weight is 257 g/mol. The highest BCUT2D eigenvalue weighted by Gasteiger charge is 2.86. The second kappa shape index (κ2) is 1.91. The zero-order valence-corrected chi connectivity index (χ0v) is 6.82. The minimum absolute atomic E-state index is 7.48. The van der Waals surface area contributed by atoms with Gasteiger partial charge in [0.15, 0.2) is 10.1 Å². The van der Waals surface area contributed by atoms with E-state index in [0.717, 1.165) is 0 Å². The van der Waals surface area contributed by atoms with Gasteiger partial charge in [0.05, 0.1) is 0 Å². The fraction of sp³-hybridized carbons (Fsp3) is 1.00. The lowest BCUT2D eigenvalue weighted by Crippen LogP contribution is -2.40. The predicted molar refractivity (Wildman–Crippen MR) is 27.8 cm³/mol. The highest BCUT2D eigenvalue weighted by atomic mass is 32.5. The molecule has 0 heterocycles. The van der Waals surface area contributed by atoms with E-state index >= 15 is 0 Å². The van der Waals surface area contributed by atoms with Crippen molar-refractivity contribution in [2.45, 2.75) is 4.59 Å². The van der Waals surface area contributed by atoms with Gasteiger partial charge in [-0.15, -0.1) is 0 Å². The van der Waals surface area contributed by atoms with E-state index in [1.54, 1.807) is 0 Å². The third-order valence-electron chi connectivity index (χ3n) is 0.740. The van der Waals surface area contributed by atoms with E-state index in [4.69, 9.17) is 0 Å². The molecule has 0 atom stereocenters. The normalized spacial score (nSPS) is 20.6. The lowest BCUT2D eigenvalue weighted by Gasteiger charge is -2.45. The van der Waals surface area contributed by atoms with Gasteiger partial charge in [0, 0.05) is 0 Å². The van der Waals surface area contributed by atoms with E-state index in [2.05, 4.69) is 0 Å². The van der Waals surface area contributed by atoms with E-state index in [9.17, 15) is 41.2 Å². The summed E-state index contributed by atoms with van der Waals surface area (Å²) in [7, 11) is -19.1. The molecule has 0 saturated heterocycles. The second-order valence-corrected chi connectivity index (χ2v) is 6.02. The monoisotopic (exact) mass is 257 g/mol. The lowest BCUT2D eigenvalue weighted by atomic mass is 11.6. The number of halogens is 7. The third-order valence-corrected chi connectivity index (χ3v) is 3.78. The zero-order chi connectivity index (χ0) is 11.4. The molecular formula is CF7O3S2-. The minimum atomic E-state index is -11.7. The SMILES string of the molecule is O=S(=O)([O-])C(F)(F)S(F)(F)(F)(F)F. The number of rotatable bonds is 2. The maximum atomic E-state index is 11.5. The van der Waals surface area contributed by atoms with Crippen LogP contribution in [-0.2, 0) is 10.1 Å². The Morgan fingerprint density at radius 1 is 1.00 bits per heavy atom. The van der Waals surface area contributed by atoms with Crippen molar-refractivity contribution in [2.75, 3.05) is 0 Å². The van der Waals surface area contributed by atoms with Gasteiger partial charge in [-0.25, -0.2) is 8.42 Å². The van der Waals surface area contributed by atoms with E-state index in [1.807, 2.05) is 0 Å². The molecule has 13 heavy (non-hydrogen) atoms. The van der Waals surface area contributed by atoms with Gasteiger partial charge in [0.1, 0.15) is 0 Å². The maximum absolute atomic E-state index is 11.7. The summed E-state index contributed by atoms with van der Waals surface area (Å²) < 4.78 is 98.9. The Bertz CT molecular complexity index is 319. The van der Waals surface area contributed by atoms with Crippen molar-refractivity contribution >= 4 is 20.3 Å². The molecule has 0 unspecified atom stereocenters. The van der Waals surface area contributed by atoms with Gasteiger partial charge < -0.3 is 4.55 Å². The van der Waals surface area contributed by atoms with Crippen molar-refractivity contribution in [3.63, 3.8) is 0 Å². The molecule has 84 valence electrons. The molecule has 0 bridgehead atoms. The van der Waals surface area contributed by atoms with Gasteiger partial charge in [-0.3, -0.25) is 0 Å². The van der Waals surface area contributed by atoms with Gasteiger partial charge in [0.25, 0.3) is 0 Å². The molecule has 0 rings (SSSR count). The molecule has 0 aliphatic carbocycles. The molecular weight excluding hydrogens is 257 g/mol. The Kier molecular flexibility index (Phi) is 1.87. The molecule has 12 heteroatoms. The Hall–Kier alpha value is -0.230. The Balaban J connectivity index is 5.91. The minimum Gasteiger partial charge on any atom is -0.742 e. The van der Waals surface area contributed by atoms with Crippen LogP contribution in [0.15, 0.2) is 0 Å². The fourth-order valence-corrected chi connectivity index (χ4v) is 1.74. The molecule has 0 aliphatic heterocycles. The van der Waals surface area contributed by atoms with Crippen molar-refractivity contribution in [1.29, 1.82) is 0 Å². The van der Waals surface area contributed by atoms with Crippen LogP contribution in [0.5, 0.6) is 0 Å². The van der Waals surface area contributed by atoms with Crippen LogP contribution in [0.3, 0.4) is 0 Å². The van der Waals surface area contributed by atoms with Crippen molar-refractivity contribution < 1.29 is 41.2 Å². The van der Waals surface area contributed by atoms with Crippen molar-refractivity contribution in [3.8, 4) is 0 Å². The number of hydrogen-bond donors (Lipinski definition) is 0. The third kappa shape index (κ3) is 1.99. The van der Waals surface area contributed by atoms with Gasteiger partial charge in [-0.05, 0) is 0 Å². The van der Waals surface area contributed by atoms with Crippen LogP contribution in [0.4, 0.5) is 28.2 Å². The smallest absolute Gasteiger partial charge is 0.471 e. The molecule has 0 radical (unpaired) electrons.